The molecule has 1 atom stereocenters. The highest BCUT2D eigenvalue weighted by Crippen LogP contribution is 2.28. The van der Waals surface area contributed by atoms with Gasteiger partial charge in [0, 0.05) is 17.0 Å². The van der Waals surface area contributed by atoms with E-state index in [4.69, 9.17) is 0 Å². The smallest absolute Gasteiger partial charge is 0.174 e. The Morgan fingerprint density at radius 3 is 2.56 bits per heavy atom. The summed E-state index contributed by atoms with van der Waals surface area (Å²) < 4.78 is 3.08. The third kappa shape index (κ3) is 3.85. The van der Waals surface area contributed by atoms with Crippen LogP contribution in [-0.2, 0) is 0 Å². The van der Waals surface area contributed by atoms with Crippen LogP contribution in [0.5, 0.6) is 0 Å². The zero-order valence-electron chi connectivity index (χ0n) is 14.8. The summed E-state index contributed by atoms with van der Waals surface area (Å²) in [6.07, 6.45) is 0. The zero-order valence-corrected chi connectivity index (χ0v) is 16.4. The molecule has 0 saturated carbocycles. The molecule has 2 heterocycles. The molecule has 4 nitrogen and oxygen atoms in total. The van der Waals surface area contributed by atoms with Crippen LogP contribution in [0.2, 0.25) is 0 Å². The molecular weight excluding hydrogens is 350 g/mol. The van der Waals surface area contributed by atoms with E-state index in [-0.39, 0.29) is 11.8 Å². The second kappa shape index (κ2) is 7.54. The average molecular weight is 372 g/mol. The molecule has 0 spiro atoms. The highest BCUT2D eigenvalue weighted by atomic mass is 32.2. The Kier molecular flexibility index (Phi) is 5.39. The number of ketones is 1. The highest BCUT2D eigenvalue weighted by molar-refractivity contribution is 8.01. The van der Waals surface area contributed by atoms with Crippen LogP contribution in [0.1, 0.15) is 45.3 Å². The molecule has 0 aliphatic heterocycles. The maximum Gasteiger partial charge on any atom is 0.174 e. The van der Waals surface area contributed by atoms with Crippen molar-refractivity contribution >= 4 is 28.9 Å². The summed E-state index contributed by atoms with van der Waals surface area (Å²) in [4.78, 5) is 12.7. The largest absolute Gasteiger partial charge is 0.341 e. The molecule has 0 bridgehead atoms. The summed E-state index contributed by atoms with van der Waals surface area (Å²) in [6, 6.07) is 12.6. The maximum absolute atomic E-state index is 12.7. The van der Waals surface area contributed by atoms with Gasteiger partial charge in [0.25, 0.3) is 0 Å². The number of carbonyl (C=O) groups excluding carboxylic acids is 1. The van der Waals surface area contributed by atoms with Crippen LogP contribution in [0.3, 0.4) is 0 Å². The fraction of sp³-hybridized carbons (Fsp3) is 0.316. The van der Waals surface area contributed by atoms with Gasteiger partial charge in [-0.15, -0.1) is 10.2 Å². The Bertz CT molecular complexity index is 883. The van der Waals surface area contributed by atoms with Crippen molar-refractivity contribution in [3.05, 3.63) is 63.9 Å². The van der Waals surface area contributed by atoms with E-state index in [9.17, 15) is 4.79 Å². The van der Waals surface area contributed by atoms with Crippen molar-refractivity contribution in [3.63, 3.8) is 0 Å². The van der Waals surface area contributed by atoms with Crippen LogP contribution in [0.15, 0.2) is 40.7 Å². The van der Waals surface area contributed by atoms with E-state index in [2.05, 4.69) is 40.7 Å². The third-order valence-corrected chi connectivity index (χ3v) is 6.26. The van der Waals surface area contributed by atoms with Crippen LogP contribution in [-0.4, -0.2) is 26.3 Å². The Hall–Kier alpha value is -1.92. The number of carbonyl (C=O) groups is 1. The van der Waals surface area contributed by atoms with Crippen molar-refractivity contribution in [2.75, 3.05) is 5.75 Å². The molecule has 0 radical (unpaired) electrons. The molecule has 0 aliphatic rings. The first-order chi connectivity index (χ1) is 12.0. The first kappa shape index (κ1) is 17.9. The maximum atomic E-state index is 12.7. The highest BCUT2D eigenvalue weighted by Gasteiger charge is 2.20. The molecule has 1 aromatic carbocycles. The Labute approximate surface area is 156 Å². The van der Waals surface area contributed by atoms with Gasteiger partial charge in [-0.25, -0.2) is 0 Å². The van der Waals surface area contributed by atoms with Crippen molar-refractivity contribution in [2.24, 2.45) is 0 Å². The van der Waals surface area contributed by atoms with E-state index in [0.717, 1.165) is 26.3 Å². The van der Waals surface area contributed by atoms with Gasteiger partial charge in [0.05, 0.1) is 11.8 Å². The van der Waals surface area contributed by atoms with Crippen LogP contribution in [0.25, 0.3) is 0 Å². The average Bonchev–Trinajstić information content (AvgIpc) is 3.16. The molecule has 0 amide bonds. The van der Waals surface area contributed by atoms with Gasteiger partial charge in [0.1, 0.15) is 5.01 Å². The topological polar surface area (TPSA) is 47.8 Å². The van der Waals surface area contributed by atoms with Crippen molar-refractivity contribution < 1.29 is 4.79 Å². The number of hydrogen-bond donors (Lipinski definition) is 0. The lowest BCUT2D eigenvalue weighted by Crippen LogP contribution is -2.11. The molecule has 3 aromatic rings. The van der Waals surface area contributed by atoms with Crippen LogP contribution >= 0.6 is 23.1 Å². The van der Waals surface area contributed by atoms with E-state index < -0.39 is 0 Å². The van der Waals surface area contributed by atoms with Crippen molar-refractivity contribution in [1.29, 1.82) is 0 Å². The first-order valence-electron chi connectivity index (χ1n) is 8.17. The quantitative estimate of drug-likeness (QED) is 0.459. The number of benzene rings is 1. The lowest BCUT2D eigenvalue weighted by Gasteiger charge is -2.19. The van der Waals surface area contributed by atoms with Gasteiger partial charge in [-0.1, -0.05) is 53.4 Å². The number of aromatic nitrogens is 3. The molecular formula is C19H21N3OS2. The number of hydrogen-bond acceptors (Lipinski definition) is 5. The molecule has 6 heteroatoms. The molecule has 0 N–H and O–H groups in total. The molecule has 0 unspecified atom stereocenters. The number of Topliss-reactive ketones (excluding diaryl/α,β-unsaturated/α-hetero) is 1. The predicted octanol–water partition coefficient (Wildman–Crippen LogP) is 4.85. The number of nitrogens with zero attached hydrogens (tertiary/aromatic N) is 3. The van der Waals surface area contributed by atoms with Gasteiger partial charge in [0.15, 0.2) is 10.1 Å². The Morgan fingerprint density at radius 2 is 1.92 bits per heavy atom. The third-order valence-electron chi connectivity index (χ3n) is 4.29. The zero-order chi connectivity index (χ0) is 18.0. The fourth-order valence-corrected chi connectivity index (χ4v) is 4.78. The molecule has 0 aliphatic carbocycles. The minimum absolute atomic E-state index is 0.137. The molecule has 2 aromatic heterocycles. The van der Waals surface area contributed by atoms with Crippen LogP contribution in [0, 0.1) is 20.8 Å². The number of aryl methyl sites for hydroxylation is 2. The minimum atomic E-state index is 0.137. The van der Waals surface area contributed by atoms with Gasteiger partial charge in [-0.2, -0.15) is 0 Å². The van der Waals surface area contributed by atoms with Crippen LogP contribution in [0.4, 0.5) is 0 Å². The predicted molar refractivity (Wildman–Crippen MR) is 104 cm³/mol. The summed E-state index contributed by atoms with van der Waals surface area (Å²) in [7, 11) is 0. The van der Waals surface area contributed by atoms with Gasteiger partial charge in [0.2, 0.25) is 0 Å². The molecule has 0 fully saturated rings. The van der Waals surface area contributed by atoms with Crippen LogP contribution < -0.4 is 0 Å². The van der Waals surface area contributed by atoms with Gasteiger partial charge in [-0.3, -0.25) is 4.79 Å². The Morgan fingerprint density at radius 1 is 1.20 bits per heavy atom. The minimum Gasteiger partial charge on any atom is -0.341 e. The summed E-state index contributed by atoms with van der Waals surface area (Å²) >= 11 is 2.98. The van der Waals surface area contributed by atoms with E-state index >= 15 is 0 Å². The lowest BCUT2D eigenvalue weighted by atomic mass is 10.1. The molecule has 130 valence electrons. The lowest BCUT2D eigenvalue weighted by molar-refractivity contribution is 0.102. The van der Waals surface area contributed by atoms with E-state index in [1.807, 2.05) is 38.1 Å². The summed E-state index contributed by atoms with van der Waals surface area (Å²) in [5.41, 5.74) is 4.16. The summed E-state index contributed by atoms with van der Waals surface area (Å²) in [5.74, 6) is 0.524. The standard InChI is InChI=1S/C19H21N3OS2/c1-12-10-17(18(23)11-24-19-21-20-15(4)25-19)14(3)22(12)13(2)16-8-6-5-7-9-16/h5-10,13H,11H2,1-4H3/t13-/m1/s1. The van der Waals surface area contributed by atoms with E-state index in [1.165, 1.54) is 28.7 Å². The monoisotopic (exact) mass is 371 g/mol. The Balaban J connectivity index is 1.80. The van der Waals surface area contributed by atoms with Crippen molar-refractivity contribution in [1.82, 2.24) is 14.8 Å². The SMILES string of the molecule is Cc1nnc(SCC(=O)c2cc(C)n([C@H](C)c3ccccc3)c2C)s1. The number of thioether (sulfide) groups is 1. The van der Waals surface area contributed by atoms with Gasteiger partial charge in [-0.05, 0) is 39.3 Å². The van der Waals surface area contributed by atoms with Gasteiger partial charge >= 0.3 is 0 Å². The molecule has 3 rings (SSSR count). The second-order valence-electron chi connectivity index (χ2n) is 6.04. The summed E-state index contributed by atoms with van der Waals surface area (Å²) in [6.45, 7) is 8.17. The fourth-order valence-electron chi connectivity index (χ4n) is 3.08. The molecule has 25 heavy (non-hydrogen) atoms. The normalized spacial score (nSPS) is 12.3. The second-order valence-corrected chi connectivity index (χ2v) is 8.44. The first-order valence-corrected chi connectivity index (χ1v) is 9.97. The van der Waals surface area contributed by atoms with E-state index in [1.54, 1.807) is 0 Å². The number of rotatable bonds is 6. The van der Waals surface area contributed by atoms with Crippen molar-refractivity contribution in [3.8, 4) is 0 Å². The summed E-state index contributed by atoms with van der Waals surface area (Å²) in [5, 5.41) is 8.98. The molecule has 0 saturated heterocycles. The van der Waals surface area contributed by atoms with E-state index in [0.29, 0.717) is 5.75 Å². The van der Waals surface area contributed by atoms with Gasteiger partial charge < -0.3 is 4.57 Å². The van der Waals surface area contributed by atoms with Crippen molar-refractivity contribution in [2.45, 2.75) is 38.1 Å².